The van der Waals surface area contributed by atoms with E-state index in [1.165, 1.54) is 12.3 Å². The SMILES string of the molecule is Cc1c(-c2cocc2-c2ccccc2)cc(F)c(S(N)(=O)=O)c1C. The molecule has 0 saturated carbocycles. The second-order valence-electron chi connectivity index (χ2n) is 5.60. The Bertz CT molecular complexity index is 1010. The largest absolute Gasteiger partial charge is 0.471 e. The molecule has 6 heteroatoms. The summed E-state index contributed by atoms with van der Waals surface area (Å²) in [5.41, 5.74) is 3.94. The van der Waals surface area contributed by atoms with Crippen molar-refractivity contribution in [2.24, 2.45) is 5.14 Å². The van der Waals surface area contributed by atoms with Crippen LogP contribution in [0.4, 0.5) is 4.39 Å². The molecule has 0 aliphatic rings. The normalized spacial score (nSPS) is 11.7. The standard InChI is InChI=1S/C18H16FNO3S/c1-11-12(2)18(24(20,21)22)17(19)8-14(11)16-10-23-9-15(16)13-6-4-3-5-7-13/h3-10H,1-2H3,(H2,20,21,22). The number of hydrogen-bond donors (Lipinski definition) is 1. The molecule has 0 aliphatic heterocycles. The number of halogens is 1. The summed E-state index contributed by atoms with van der Waals surface area (Å²) >= 11 is 0. The zero-order chi connectivity index (χ0) is 17.5. The highest BCUT2D eigenvalue weighted by atomic mass is 32.2. The fraction of sp³-hybridized carbons (Fsp3) is 0.111. The van der Waals surface area contributed by atoms with Gasteiger partial charge in [-0.15, -0.1) is 0 Å². The minimum atomic E-state index is -4.13. The van der Waals surface area contributed by atoms with Crippen LogP contribution in [-0.2, 0) is 10.0 Å². The molecule has 0 fully saturated rings. The number of benzene rings is 2. The number of nitrogens with two attached hydrogens (primary N) is 1. The second-order valence-corrected chi connectivity index (χ2v) is 7.09. The van der Waals surface area contributed by atoms with Crippen molar-refractivity contribution in [1.82, 2.24) is 0 Å². The average molecular weight is 345 g/mol. The molecule has 0 unspecified atom stereocenters. The monoisotopic (exact) mass is 345 g/mol. The second kappa shape index (κ2) is 5.89. The van der Waals surface area contributed by atoms with Gasteiger partial charge in [0.1, 0.15) is 10.7 Å². The van der Waals surface area contributed by atoms with Crippen molar-refractivity contribution in [2.75, 3.05) is 0 Å². The first-order valence-electron chi connectivity index (χ1n) is 7.25. The van der Waals surface area contributed by atoms with Gasteiger partial charge in [0.2, 0.25) is 10.0 Å². The molecule has 4 nitrogen and oxygen atoms in total. The van der Waals surface area contributed by atoms with E-state index in [0.29, 0.717) is 22.3 Å². The van der Waals surface area contributed by atoms with E-state index >= 15 is 0 Å². The van der Waals surface area contributed by atoms with Gasteiger partial charge < -0.3 is 4.42 Å². The highest BCUT2D eigenvalue weighted by Gasteiger charge is 2.23. The maximum Gasteiger partial charge on any atom is 0.241 e. The zero-order valence-electron chi connectivity index (χ0n) is 13.2. The lowest BCUT2D eigenvalue weighted by atomic mass is 9.93. The molecule has 0 saturated heterocycles. The van der Waals surface area contributed by atoms with E-state index in [-0.39, 0.29) is 0 Å². The Morgan fingerprint density at radius 3 is 2.21 bits per heavy atom. The van der Waals surface area contributed by atoms with E-state index in [1.807, 2.05) is 30.3 Å². The van der Waals surface area contributed by atoms with Crippen LogP contribution in [-0.4, -0.2) is 8.42 Å². The van der Waals surface area contributed by atoms with Crippen LogP contribution in [0.15, 0.2) is 58.2 Å². The van der Waals surface area contributed by atoms with Crippen LogP contribution in [0, 0.1) is 19.7 Å². The third-order valence-electron chi connectivity index (χ3n) is 4.12. The van der Waals surface area contributed by atoms with Crippen LogP contribution >= 0.6 is 0 Å². The minimum absolute atomic E-state index is 0.299. The molecule has 3 rings (SSSR count). The van der Waals surface area contributed by atoms with Crippen LogP contribution in [0.3, 0.4) is 0 Å². The molecule has 2 aromatic carbocycles. The summed E-state index contributed by atoms with van der Waals surface area (Å²) in [7, 11) is -4.13. The van der Waals surface area contributed by atoms with Crippen molar-refractivity contribution in [3.05, 3.63) is 65.9 Å². The minimum Gasteiger partial charge on any atom is -0.471 e. The summed E-state index contributed by atoms with van der Waals surface area (Å²) in [5, 5.41) is 5.13. The van der Waals surface area contributed by atoms with Crippen molar-refractivity contribution in [3.8, 4) is 22.3 Å². The number of hydrogen-bond acceptors (Lipinski definition) is 3. The summed E-state index contributed by atoms with van der Waals surface area (Å²) < 4.78 is 43.0. The van der Waals surface area contributed by atoms with E-state index in [2.05, 4.69) is 0 Å². The molecular formula is C18H16FNO3S. The van der Waals surface area contributed by atoms with Crippen LogP contribution in [0.1, 0.15) is 11.1 Å². The van der Waals surface area contributed by atoms with Gasteiger partial charge in [0, 0.05) is 11.1 Å². The van der Waals surface area contributed by atoms with Crippen molar-refractivity contribution in [3.63, 3.8) is 0 Å². The van der Waals surface area contributed by atoms with Crippen LogP contribution in [0.2, 0.25) is 0 Å². The molecule has 124 valence electrons. The maximum absolute atomic E-state index is 14.4. The molecule has 0 radical (unpaired) electrons. The summed E-state index contributed by atoms with van der Waals surface area (Å²) in [6.45, 7) is 3.28. The van der Waals surface area contributed by atoms with Crippen LogP contribution in [0.5, 0.6) is 0 Å². The first-order valence-corrected chi connectivity index (χ1v) is 8.80. The highest BCUT2D eigenvalue weighted by Crippen LogP contribution is 2.37. The van der Waals surface area contributed by atoms with E-state index < -0.39 is 20.7 Å². The predicted molar refractivity (Wildman–Crippen MR) is 90.4 cm³/mol. The van der Waals surface area contributed by atoms with E-state index in [4.69, 9.17) is 9.56 Å². The Kier molecular flexibility index (Phi) is 4.03. The Morgan fingerprint density at radius 2 is 1.58 bits per heavy atom. The molecule has 1 aromatic heterocycles. The van der Waals surface area contributed by atoms with Gasteiger partial charge in [-0.25, -0.2) is 17.9 Å². The quantitative estimate of drug-likeness (QED) is 0.779. The zero-order valence-corrected chi connectivity index (χ0v) is 14.0. The molecule has 1 heterocycles. The molecule has 0 atom stereocenters. The van der Waals surface area contributed by atoms with Crippen molar-refractivity contribution in [1.29, 1.82) is 0 Å². The molecule has 3 aromatic rings. The molecule has 0 amide bonds. The van der Waals surface area contributed by atoms with Crippen molar-refractivity contribution < 1.29 is 17.2 Å². The number of rotatable bonds is 3. The fourth-order valence-corrected chi connectivity index (χ4v) is 3.74. The highest BCUT2D eigenvalue weighted by molar-refractivity contribution is 7.89. The lowest BCUT2D eigenvalue weighted by Gasteiger charge is -2.14. The van der Waals surface area contributed by atoms with Gasteiger partial charge in [0.15, 0.2) is 0 Å². The third kappa shape index (κ3) is 2.74. The topological polar surface area (TPSA) is 73.3 Å². The van der Waals surface area contributed by atoms with Gasteiger partial charge in [-0.2, -0.15) is 0 Å². The van der Waals surface area contributed by atoms with Gasteiger partial charge >= 0.3 is 0 Å². The molecular weight excluding hydrogens is 329 g/mol. The third-order valence-corrected chi connectivity index (χ3v) is 5.19. The summed E-state index contributed by atoms with van der Waals surface area (Å²) in [6, 6.07) is 10.7. The van der Waals surface area contributed by atoms with Crippen molar-refractivity contribution >= 4 is 10.0 Å². The first-order chi connectivity index (χ1) is 11.3. The summed E-state index contributed by atoms with van der Waals surface area (Å²) in [5.74, 6) is -0.865. The Morgan fingerprint density at radius 1 is 0.958 bits per heavy atom. The Labute approximate surface area is 139 Å². The average Bonchev–Trinajstić information content (AvgIpc) is 3.00. The molecule has 24 heavy (non-hydrogen) atoms. The number of furan rings is 1. The van der Waals surface area contributed by atoms with Gasteiger partial charge in [-0.3, -0.25) is 0 Å². The smallest absolute Gasteiger partial charge is 0.241 e. The number of sulfonamides is 1. The van der Waals surface area contributed by atoms with E-state index in [9.17, 15) is 12.8 Å². The Hall–Kier alpha value is -2.44. The molecule has 0 bridgehead atoms. The molecule has 0 aliphatic carbocycles. The van der Waals surface area contributed by atoms with E-state index in [0.717, 1.165) is 11.1 Å². The molecule has 0 spiro atoms. The Balaban J connectivity index is 2.26. The lowest BCUT2D eigenvalue weighted by Crippen LogP contribution is -2.16. The number of primary sulfonamides is 1. The summed E-state index contributed by atoms with van der Waals surface area (Å²) in [6.07, 6.45) is 3.12. The van der Waals surface area contributed by atoms with E-state index in [1.54, 1.807) is 20.1 Å². The van der Waals surface area contributed by atoms with Gasteiger partial charge in [0.25, 0.3) is 0 Å². The van der Waals surface area contributed by atoms with Crippen LogP contribution in [0.25, 0.3) is 22.3 Å². The summed E-state index contributed by atoms with van der Waals surface area (Å²) in [4.78, 5) is -0.464. The molecule has 2 N–H and O–H groups in total. The van der Waals surface area contributed by atoms with Gasteiger partial charge in [-0.1, -0.05) is 30.3 Å². The fourth-order valence-electron chi connectivity index (χ4n) is 2.83. The van der Waals surface area contributed by atoms with Gasteiger partial charge in [0.05, 0.1) is 12.5 Å². The maximum atomic E-state index is 14.4. The van der Waals surface area contributed by atoms with Crippen molar-refractivity contribution in [2.45, 2.75) is 18.7 Å². The lowest BCUT2D eigenvalue weighted by molar-refractivity contribution is 0.565. The van der Waals surface area contributed by atoms with Gasteiger partial charge in [-0.05, 0) is 42.2 Å². The predicted octanol–water partition coefficient (Wildman–Crippen LogP) is 4.02. The first kappa shape index (κ1) is 16.4. The van der Waals surface area contributed by atoms with Crippen LogP contribution < -0.4 is 5.14 Å².